The lowest BCUT2D eigenvalue weighted by Gasteiger charge is -2.04. The van der Waals surface area contributed by atoms with Crippen molar-refractivity contribution in [3.8, 4) is 0 Å². The fourth-order valence-corrected chi connectivity index (χ4v) is 1.22. The smallest absolute Gasteiger partial charge is 0.297 e. The molecule has 0 radical (unpaired) electrons. The van der Waals surface area contributed by atoms with E-state index < -0.39 is 0 Å². The van der Waals surface area contributed by atoms with E-state index in [4.69, 9.17) is 5.21 Å². The predicted octanol–water partition coefficient (Wildman–Crippen LogP) is -1.26. The van der Waals surface area contributed by atoms with Crippen LogP contribution in [0.2, 0.25) is 0 Å². The van der Waals surface area contributed by atoms with Gasteiger partial charge in [-0.05, 0) is 6.07 Å². The molecule has 1 amide bonds. The number of carbonyl (C=O) groups excluding carboxylic acids is 2. The third-order valence-electron chi connectivity index (χ3n) is 1.97. The normalized spacial score (nSPS) is 9.83. The largest absolute Gasteiger partial charge is 0.407 e. The maximum absolute atomic E-state index is 11.7. The Morgan fingerprint density at radius 2 is 2.39 bits per heavy atom. The van der Waals surface area contributed by atoms with Crippen molar-refractivity contribution < 1.29 is 28.9 Å². The number of amides is 1. The van der Waals surface area contributed by atoms with Gasteiger partial charge < -0.3 is 10.1 Å². The third-order valence-corrected chi connectivity index (χ3v) is 1.97. The average Bonchev–Trinajstić information content (AvgIpc) is 2.41. The number of nitrogens with zero attached hydrogens (tertiary/aromatic N) is 1. The zero-order chi connectivity index (χ0) is 13.2. The zero-order valence-electron chi connectivity index (χ0n) is 9.54. The monoisotopic (exact) mass is 256 g/mol. The van der Waals surface area contributed by atoms with E-state index in [9.17, 15) is 9.59 Å². The van der Waals surface area contributed by atoms with Gasteiger partial charge in [0.15, 0.2) is 12.4 Å². The summed E-state index contributed by atoms with van der Waals surface area (Å²) in [7, 11) is 0. The molecule has 0 saturated heterocycles. The Morgan fingerprint density at radius 1 is 1.56 bits per heavy atom. The molecule has 0 saturated carbocycles. The van der Waals surface area contributed by atoms with Crippen LogP contribution < -0.4 is 15.5 Å². The summed E-state index contributed by atoms with van der Waals surface area (Å²) in [5.41, 5.74) is 1.93. The summed E-state index contributed by atoms with van der Waals surface area (Å²) in [6, 6.07) is 3.28. The lowest BCUT2D eigenvalue weighted by atomic mass is 10.2. The molecular formula is C10H14N3O5+. The third kappa shape index (κ3) is 4.87. The average molecular weight is 256 g/mol. The van der Waals surface area contributed by atoms with Gasteiger partial charge in [0.25, 0.3) is 19.1 Å². The number of hydrogen-bond acceptors (Lipinski definition) is 6. The first-order valence-corrected chi connectivity index (χ1v) is 5.11. The van der Waals surface area contributed by atoms with E-state index in [2.05, 4.69) is 14.9 Å². The fraction of sp³-hybridized carbons (Fsp3) is 0.300. The molecule has 8 nitrogen and oxygen atoms in total. The minimum absolute atomic E-state index is 0.0438. The molecule has 0 unspecified atom stereocenters. The van der Waals surface area contributed by atoms with Gasteiger partial charge in [0.05, 0.1) is 6.61 Å². The summed E-state index contributed by atoms with van der Waals surface area (Å²) in [6.07, 6.45) is 3.21. The molecule has 1 aromatic heterocycles. The Balaban J connectivity index is 2.48. The summed E-state index contributed by atoms with van der Waals surface area (Å²) >= 11 is 0. The number of rotatable bonds is 8. The number of carbonyl (C=O) groups is 2. The molecule has 1 heterocycles. The summed E-state index contributed by atoms with van der Waals surface area (Å²) in [5, 5.41) is 10.7. The van der Waals surface area contributed by atoms with Gasteiger partial charge in [-0.25, -0.2) is 0 Å². The van der Waals surface area contributed by atoms with Gasteiger partial charge >= 0.3 is 0 Å². The van der Waals surface area contributed by atoms with E-state index in [1.54, 1.807) is 29.1 Å². The summed E-state index contributed by atoms with van der Waals surface area (Å²) in [6.45, 7) is 0.747. The van der Waals surface area contributed by atoms with Gasteiger partial charge in [0, 0.05) is 12.6 Å². The first kappa shape index (κ1) is 14.0. The van der Waals surface area contributed by atoms with Crippen LogP contribution in [0.4, 0.5) is 0 Å². The van der Waals surface area contributed by atoms with E-state index in [-0.39, 0.29) is 25.8 Å². The zero-order valence-corrected chi connectivity index (χ0v) is 9.54. The molecule has 8 heteroatoms. The molecule has 98 valence electrons. The number of ether oxygens (including phenoxy) is 1. The molecule has 0 aliphatic rings. The highest BCUT2D eigenvalue weighted by molar-refractivity contribution is 5.93. The van der Waals surface area contributed by atoms with Gasteiger partial charge in [0.2, 0.25) is 0 Å². The van der Waals surface area contributed by atoms with Gasteiger partial charge in [-0.2, -0.15) is 4.57 Å². The van der Waals surface area contributed by atoms with E-state index >= 15 is 0 Å². The summed E-state index contributed by atoms with van der Waals surface area (Å²) in [5.74, 6) is -0.294. The van der Waals surface area contributed by atoms with Crippen LogP contribution in [0, 0.1) is 0 Å². The van der Waals surface area contributed by atoms with Crippen LogP contribution in [0.15, 0.2) is 24.5 Å². The Kier molecular flexibility index (Phi) is 6.33. The maximum Gasteiger partial charge on any atom is 0.297 e. The molecule has 0 aliphatic carbocycles. The number of hydrogen-bond donors (Lipinski definition) is 3. The van der Waals surface area contributed by atoms with Gasteiger partial charge in [-0.1, -0.05) is 5.64 Å². The van der Waals surface area contributed by atoms with Crippen molar-refractivity contribution in [2.24, 2.45) is 0 Å². The minimum atomic E-state index is -0.294. The molecular weight excluding hydrogens is 242 g/mol. The Labute approximate surface area is 103 Å². The standard InChI is InChI=1S/C10H13N3O5/c14-8-17-7-13-4-1-2-9(6-13)10(15)11-3-5-18-12-16/h1-2,4,6,8,12,16H,3,5,7H2/p+1. The highest BCUT2D eigenvalue weighted by atomic mass is 16.8. The van der Waals surface area contributed by atoms with E-state index in [1.807, 2.05) is 0 Å². The Bertz CT molecular complexity index is 399. The molecule has 0 spiro atoms. The van der Waals surface area contributed by atoms with Crippen molar-refractivity contribution in [3.63, 3.8) is 0 Å². The highest BCUT2D eigenvalue weighted by Crippen LogP contribution is 1.94. The molecule has 0 atom stereocenters. The van der Waals surface area contributed by atoms with E-state index in [1.165, 1.54) is 5.64 Å². The first-order chi connectivity index (χ1) is 8.77. The van der Waals surface area contributed by atoms with E-state index in [0.717, 1.165) is 0 Å². The van der Waals surface area contributed by atoms with Crippen LogP contribution >= 0.6 is 0 Å². The van der Waals surface area contributed by atoms with Crippen LogP contribution in [0.5, 0.6) is 0 Å². The molecule has 1 aromatic rings. The van der Waals surface area contributed by atoms with Crippen LogP contribution in [0.1, 0.15) is 10.4 Å². The van der Waals surface area contributed by atoms with Crippen LogP contribution in [0.3, 0.4) is 0 Å². The molecule has 0 fully saturated rings. The second-order valence-corrected chi connectivity index (χ2v) is 3.19. The molecule has 0 bridgehead atoms. The number of pyridine rings is 1. The van der Waals surface area contributed by atoms with Crippen molar-refractivity contribution in [1.82, 2.24) is 11.0 Å². The van der Waals surface area contributed by atoms with Crippen molar-refractivity contribution in [3.05, 3.63) is 30.1 Å². The summed E-state index contributed by atoms with van der Waals surface area (Å²) in [4.78, 5) is 26.1. The van der Waals surface area contributed by atoms with Gasteiger partial charge in [0.1, 0.15) is 5.56 Å². The van der Waals surface area contributed by atoms with Crippen LogP contribution in [-0.2, 0) is 21.1 Å². The molecule has 0 aromatic carbocycles. The van der Waals surface area contributed by atoms with E-state index in [0.29, 0.717) is 12.0 Å². The SMILES string of the molecule is O=COC[n+]1cccc(C(=O)NCCONO)c1. The lowest BCUT2D eigenvalue weighted by Crippen LogP contribution is -2.37. The quantitative estimate of drug-likeness (QED) is 0.232. The van der Waals surface area contributed by atoms with Crippen molar-refractivity contribution in [2.75, 3.05) is 13.2 Å². The van der Waals surface area contributed by atoms with Crippen LogP contribution in [-0.4, -0.2) is 30.7 Å². The fourth-order valence-electron chi connectivity index (χ4n) is 1.22. The summed E-state index contributed by atoms with van der Waals surface area (Å²) < 4.78 is 6.11. The topological polar surface area (TPSA) is 101 Å². The highest BCUT2D eigenvalue weighted by Gasteiger charge is 2.09. The Morgan fingerprint density at radius 3 is 3.11 bits per heavy atom. The van der Waals surface area contributed by atoms with Crippen molar-refractivity contribution in [1.29, 1.82) is 0 Å². The van der Waals surface area contributed by atoms with Crippen LogP contribution in [0.25, 0.3) is 0 Å². The second kappa shape index (κ2) is 8.12. The van der Waals surface area contributed by atoms with Crippen molar-refractivity contribution >= 4 is 12.4 Å². The molecule has 1 rings (SSSR count). The second-order valence-electron chi connectivity index (χ2n) is 3.19. The van der Waals surface area contributed by atoms with Crippen molar-refractivity contribution in [2.45, 2.75) is 6.73 Å². The number of aromatic nitrogens is 1. The maximum atomic E-state index is 11.7. The first-order valence-electron chi connectivity index (χ1n) is 5.11. The van der Waals surface area contributed by atoms with Gasteiger partial charge in [-0.15, -0.1) is 0 Å². The minimum Gasteiger partial charge on any atom is -0.407 e. The van der Waals surface area contributed by atoms with Gasteiger partial charge in [-0.3, -0.25) is 19.6 Å². The predicted molar refractivity (Wildman–Crippen MR) is 57.0 cm³/mol. The lowest BCUT2D eigenvalue weighted by molar-refractivity contribution is -0.727. The molecule has 18 heavy (non-hydrogen) atoms. The number of nitrogens with one attached hydrogen (secondary N) is 2. The molecule has 3 N–H and O–H groups in total. The molecule has 0 aliphatic heterocycles. The Hall–Kier alpha value is -2.03.